The molecule has 4 N–H and O–H groups in total. The van der Waals surface area contributed by atoms with Gasteiger partial charge in [0.2, 0.25) is 15.9 Å². The Balaban J connectivity index is 2.15. The third kappa shape index (κ3) is 3.22. The Kier molecular flexibility index (Phi) is 4.18. The zero-order valence-electron chi connectivity index (χ0n) is 10.3. The van der Waals surface area contributed by atoms with Crippen molar-refractivity contribution in [2.45, 2.75) is 18.4 Å². The summed E-state index contributed by atoms with van der Waals surface area (Å²) in [7, 11) is -3.79. The molecule has 108 valence electrons. The lowest BCUT2D eigenvalue weighted by atomic mass is 10.5. The van der Waals surface area contributed by atoms with E-state index in [2.05, 4.69) is 25.3 Å². The van der Waals surface area contributed by atoms with Gasteiger partial charge in [-0.2, -0.15) is 4.98 Å². The zero-order chi connectivity index (χ0) is 14.8. The number of hydrogen-bond acceptors (Lipinski definition) is 8. The normalized spacial score (nSPS) is 11.6. The molecule has 2 aromatic heterocycles. The van der Waals surface area contributed by atoms with Gasteiger partial charge in [0.25, 0.3) is 0 Å². The Labute approximate surface area is 119 Å². The van der Waals surface area contributed by atoms with Crippen molar-refractivity contribution >= 4 is 27.4 Å². The third-order valence-corrected chi connectivity index (χ3v) is 3.90. The number of sulfonamides is 1. The molecule has 0 spiro atoms. The summed E-state index contributed by atoms with van der Waals surface area (Å²) in [5.74, 6) is 5.91. The number of anilines is 1. The van der Waals surface area contributed by atoms with Gasteiger partial charge in [-0.05, 0) is 13.0 Å². The van der Waals surface area contributed by atoms with Crippen molar-refractivity contribution in [2.24, 2.45) is 5.84 Å². The fourth-order valence-electron chi connectivity index (χ4n) is 1.33. The summed E-state index contributed by atoms with van der Waals surface area (Å²) in [4.78, 5) is 7.56. The zero-order valence-corrected chi connectivity index (χ0v) is 11.9. The molecule has 11 heteroatoms. The van der Waals surface area contributed by atoms with Crippen LogP contribution in [0.2, 0.25) is 5.02 Å². The number of hydrogen-bond donors (Lipinski definition) is 3. The molecule has 0 radical (unpaired) electrons. The quantitative estimate of drug-likeness (QED) is 0.525. The molecule has 20 heavy (non-hydrogen) atoms. The van der Waals surface area contributed by atoms with Gasteiger partial charge in [-0.3, -0.25) is 0 Å². The van der Waals surface area contributed by atoms with Crippen molar-refractivity contribution in [3.05, 3.63) is 29.0 Å². The van der Waals surface area contributed by atoms with Crippen molar-refractivity contribution in [3.8, 4) is 0 Å². The lowest BCUT2D eigenvalue weighted by molar-refractivity contribution is 0.372. The van der Waals surface area contributed by atoms with E-state index in [-0.39, 0.29) is 28.2 Å². The van der Waals surface area contributed by atoms with Crippen molar-refractivity contribution in [1.29, 1.82) is 0 Å². The summed E-state index contributed by atoms with van der Waals surface area (Å²) < 4.78 is 31.1. The number of nitrogen functional groups attached to an aromatic ring is 1. The molecule has 0 saturated heterocycles. The van der Waals surface area contributed by atoms with Crippen LogP contribution < -0.4 is 16.0 Å². The van der Waals surface area contributed by atoms with Crippen LogP contribution in [0, 0.1) is 6.92 Å². The van der Waals surface area contributed by atoms with Gasteiger partial charge in [-0.25, -0.2) is 24.0 Å². The molecule has 0 aliphatic rings. The number of rotatable bonds is 5. The molecule has 2 rings (SSSR count). The summed E-state index contributed by atoms with van der Waals surface area (Å²) >= 11 is 5.82. The highest BCUT2D eigenvalue weighted by Gasteiger charge is 2.17. The molecule has 0 bridgehead atoms. The summed E-state index contributed by atoms with van der Waals surface area (Å²) in [6.45, 7) is 1.50. The predicted molar refractivity (Wildman–Crippen MR) is 70.1 cm³/mol. The number of nitrogens with two attached hydrogens (primary N) is 1. The van der Waals surface area contributed by atoms with Gasteiger partial charge in [0.15, 0.2) is 11.6 Å². The maximum absolute atomic E-state index is 12.0. The van der Waals surface area contributed by atoms with Crippen LogP contribution in [0.15, 0.2) is 21.7 Å². The first-order valence-corrected chi connectivity index (χ1v) is 7.19. The standard InChI is InChI=1S/C9H11ClN6O3S/c1-5-14-8(19-16-5)4-13-20(17,18)6-2-7(10)9(15-11)12-3-6/h2-3,13H,4,11H2,1H3,(H,12,15). The largest absolute Gasteiger partial charge is 0.338 e. The first-order valence-electron chi connectivity index (χ1n) is 5.33. The van der Waals surface area contributed by atoms with Gasteiger partial charge >= 0.3 is 0 Å². The minimum atomic E-state index is -3.79. The fraction of sp³-hybridized carbons (Fsp3) is 0.222. The predicted octanol–water partition coefficient (Wildman–Crippen LogP) is 0.191. The van der Waals surface area contributed by atoms with Crippen LogP contribution in [0.25, 0.3) is 0 Å². The van der Waals surface area contributed by atoms with Crippen LogP contribution in [-0.2, 0) is 16.6 Å². The van der Waals surface area contributed by atoms with E-state index in [1.807, 2.05) is 0 Å². The maximum Gasteiger partial charge on any atom is 0.242 e. The van der Waals surface area contributed by atoms with Gasteiger partial charge in [0.1, 0.15) is 4.90 Å². The smallest absolute Gasteiger partial charge is 0.242 e. The number of pyridine rings is 1. The van der Waals surface area contributed by atoms with Crippen molar-refractivity contribution < 1.29 is 12.9 Å². The van der Waals surface area contributed by atoms with E-state index >= 15 is 0 Å². The SMILES string of the molecule is Cc1noc(CNS(=O)(=O)c2cnc(NN)c(Cl)c2)n1. The molecule has 0 fully saturated rings. The Morgan fingerprint density at radius 3 is 2.80 bits per heavy atom. The van der Waals surface area contributed by atoms with Crippen molar-refractivity contribution in [2.75, 3.05) is 5.43 Å². The molecular weight excluding hydrogens is 308 g/mol. The molecule has 0 amide bonds. The molecule has 9 nitrogen and oxygen atoms in total. The second-order valence-electron chi connectivity index (χ2n) is 3.71. The molecule has 0 atom stereocenters. The lowest BCUT2D eigenvalue weighted by Gasteiger charge is -2.07. The molecule has 0 aromatic carbocycles. The lowest BCUT2D eigenvalue weighted by Crippen LogP contribution is -2.23. The highest BCUT2D eigenvalue weighted by Crippen LogP contribution is 2.21. The number of nitrogens with one attached hydrogen (secondary N) is 2. The molecule has 0 saturated carbocycles. The van der Waals surface area contributed by atoms with Crippen molar-refractivity contribution in [3.63, 3.8) is 0 Å². The molecule has 2 aromatic rings. The monoisotopic (exact) mass is 318 g/mol. The fourth-order valence-corrected chi connectivity index (χ4v) is 2.56. The number of hydrazine groups is 1. The van der Waals surface area contributed by atoms with Crippen LogP contribution in [-0.4, -0.2) is 23.5 Å². The minimum absolute atomic E-state index is 0.0870. The molecule has 2 heterocycles. The highest BCUT2D eigenvalue weighted by molar-refractivity contribution is 7.89. The Morgan fingerprint density at radius 2 is 2.25 bits per heavy atom. The van der Waals surface area contributed by atoms with E-state index in [1.54, 1.807) is 6.92 Å². The topological polar surface area (TPSA) is 136 Å². The van der Waals surface area contributed by atoms with Gasteiger partial charge in [0, 0.05) is 6.20 Å². The van der Waals surface area contributed by atoms with Crippen LogP contribution >= 0.6 is 11.6 Å². The van der Waals surface area contributed by atoms with E-state index in [0.717, 1.165) is 6.20 Å². The van der Waals surface area contributed by atoms with E-state index in [1.165, 1.54) is 6.07 Å². The van der Waals surface area contributed by atoms with Crippen LogP contribution in [0.4, 0.5) is 5.82 Å². The Morgan fingerprint density at radius 1 is 1.50 bits per heavy atom. The summed E-state index contributed by atoms with van der Waals surface area (Å²) in [5.41, 5.74) is 2.24. The Bertz CT molecular complexity index is 716. The second-order valence-corrected chi connectivity index (χ2v) is 5.88. The van der Waals surface area contributed by atoms with E-state index in [0.29, 0.717) is 5.82 Å². The van der Waals surface area contributed by atoms with Gasteiger partial charge in [0.05, 0.1) is 11.6 Å². The van der Waals surface area contributed by atoms with E-state index < -0.39 is 10.0 Å². The Hall–Kier alpha value is -1.75. The minimum Gasteiger partial charge on any atom is -0.338 e. The van der Waals surface area contributed by atoms with Crippen LogP contribution in [0.1, 0.15) is 11.7 Å². The van der Waals surface area contributed by atoms with Gasteiger partial charge in [-0.1, -0.05) is 16.8 Å². The number of aryl methyl sites for hydroxylation is 1. The van der Waals surface area contributed by atoms with Gasteiger partial charge in [-0.15, -0.1) is 0 Å². The van der Waals surface area contributed by atoms with Crippen molar-refractivity contribution in [1.82, 2.24) is 19.8 Å². The second kappa shape index (κ2) is 5.71. The maximum atomic E-state index is 12.0. The first-order chi connectivity index (χ1) is 9.42. The average molecular weight is 319 g/mol. The molecule has 0 aliphatic heterocycles. The van der Waals surface area contributed by atoms with Crippen LogP contribution in [0.5, 0.6) is 0 Å². The summed E-state index contributed by atoms with van der Waals surface area (Å²) in [5, 5.41) is 3.64. The third-order valence-electron chi connectivity index (χ3n) is 2.25. The summed E-state index contributed by atoms with van der Waals surface area (Å²) in [6, 6.07) is 1.23. The van der Waals surface area contributed by atoms with E-state index in [4.69, 9.17) is 22.0 Å². The highest BCUT2D eigenvalue weighted by atomic mass is 35.5. The molecule has 0 aliphatic carbocycles. The molecule has 0 unspecified atom stereocenters. The van der Waals surface area contributed by atoms with Gasteiger partial charge < -0.3 is 9.95 Å². The van der Waals surface area contributed by atoms with E-state index in [9.17, 15) is 8.42 Å². The average Bonchev–Trinajstić information content (AvgIpc) is 2.82. The van der Waals surface area contributed by atoms with Crippen LogP contribution in [0.3, 0.4) is 0 Å². The number of halogens is 1. The molecular formula is C9H11ClN6O3S. The number of aromatic nitrogens is 3. The summed E-state index contributed by atoms with van der Waals surface area (Å²) in [6.07, 6.45) is 1.13. The number of nitrogens with zero attached hydrogens (tertiary/aromatic N) is 3. The first kappa shape index (κ1) is 14.7.